The molecule has 0 bridgehead atoms. The second-order valence-electron chi connectivity index (χ2n) is 4.63. The van der Waals surface area contributed by atoms with E-state index in [2.05, 4.69) is 5.10 Å². The molecule has 0 atom stereocenters. The zero-order valence-corrected chi connectivity index (χ0v) is 11.8. The van der Waals surface area contributed by atoms with Crippen molar-refractivity contribution in [1.29, 1.82) is 0 Å². The number of aryl methyl sites for hydroxylation is 1. The average molecular weight is 319 g/mol. The monoisotopic (exact) mass is 319 g/mol. The number of hydrazine groups is 1. The van der Waals surface area contributed by atoms with Crippen LogP contribution in [0.3, 0.4) is 0 Å². The normalized spacial score (nSPS) is 12.3. The molecule has 0 saturated carbocycles. The molecule has 0 unspecified atom stereocenters. The molecular formula is C12H16F3N5O2. The molecule has 1 aromatic carbocycles. The number of benzene rings is 1. The summed E-state index contributed by atoms with van der Waals surface area (Å²) in [6.45, 7) is 1.43. The van der Waals surface area contributed by atoms with E-state index >= 15 is 0 Å². The summed E-state index contributed by atoms with van der Waals surface area (Å²) < 4.78 is 36.0. The van der Waals surface area contributed by atoms with Crippen LogP contribution < -0.4 is 11.6 Å². The standard InChI is InChI=1S/C12H16F3N5O2/c1-8-3-4-9(7-10(8)20(21)22)11(16)18-19(17)6-2-5-12(13,14)15/h3-4,7H,2,5-6,17H2,1H3,(H2,16,18). The van der Waals surface area contributed by atoms with E-state index in [9.17, 15) is 23.3 Å². The van der Waals surface area contributed by atoms with Crippen LogP contribution in [0.15, 0.2) is 23.3 Å². The highest BCUT2D eigenvalue weighted by atomic mass is 19.4. The third kappa shape index (κ3) is 5.56. The summed E-state index contributed by atoms with van der Waals surface area (Å²) >= 11 is 0. The average Bonchev–Trinajstić information content (AvgIpc) is 2.36. The molecule has 0 aliphatic heterocycles. The predicted octanol–water partition coefficient (Wildman–Crippen LogP) is 2.04. The third-order valence-corrected chi connectivity index (χ3v) is 2.79. The highest BCUT2D eigenvalue weighted by molar-refractivity contribution is 5.97. The summed E-state index contributed by atoms with van der Waals surface area (Å²) in [4.78, 5) is 10.3. The Morgan fingerprint density at radius 2 is 2.09 bits per heavy atom. The minimum atomic E-state index is -4.26. The van der Waals surface area contributed by atoms with Crippen LogP contribution in [0.4, 0.5) is 18.9 Å². The largest absolute Gasteiger partial charge is 0.389 e. The Bertz CT molecular complexity index is 574. The van der Waals surface area contributed by atoms with E-state index in [1.165, 1.54) is 18.2 Å². The predicted molar refractivity (Wildman–Crippen MR) is 74.7 cm³/mol. The number of amidine groups is 1. The van der Waals surface area contributed by atoms with Gasteiger partial charge in [0.05, 0.1) is 11.5 Å². The molecule has 7 nitrogen and oxygen atoms in total. The van der Waals surface area contributed by atoms with Gasteiger partial charge in [-0.25, -0.2) is 11.0 Å². The van der Waals surface area contributed by atoms with Gasteiger partial charge in [-0.2, -0.15) is 13.2 Å². The van der Waals surface area contributed by atoms with E-state index in [0.717, 1.165) is 5.12 Å². The summed E-state index contributed by atoms with van der Waals surface area (Å²) in [7, 11) is 0. The number of nitrogens with zero attached hydrogens (tertiary/aromatic N) is 3. The number of hydrogen-bond acceptors (Lipinski definition) is 5. The molecule has 0 amide bonds. The van der Waals surface area contributed by atoms with Gasteiger partial charge in [0.15, 0.2) is 5.84 Å². The Balaban J connectivity index is 2.76. The quantitative estimate of drug-likeness (QED) is 0.274. The molecule has 0 saturated heterocycles. The van der Waals surface area contributed by atoms with E-state index in [0.29, 0.717) is 5.56 Å². The van der Waals surface area contributed by atoms with Gasteiger partial charge >= 0.3 is 6.18 Å². The van der Waals surface area contributed by atoms with Crippen LogP contribution in [-0.2, 0) is 0 Å². The zero-order valence-electron chi connectivity index (χ0n) is 11.8. The Morgan fingerprint density at radius 3 is 2.64 bits per heavy atom. The first-order valence-electron chi connectivity index (χ1n) is 6.28. The number of alkyl halides is 3. The molecule has 22 heavy (non-hydrogen) atoms. The lowest BCUT2D eigenvalue weighted by molar-refractivity contribution is -0.385. The van der Waals surface area contributed by atoms with Gasteiger partial charge in [0.25, 0.3) is 5.69 Å². The first-order valence-corrected chi connectivity index (χ1v) is 6.28. The van der Waals surface area contributed by atoms with Crippen molar-refractivity contribution in [3.8, 4) is 0 Å². The Morgan fingerprint density at radius 1 is 1.45 bits per heavy atom. The number of hydrogen-bond donors (Lipinski definition) is 2. The van der Waals surface area contributed by atoms with Gasteiger partial charge in [0.2, 0.25) is 0 Å². The topological polar surface area (TPSA) is 111 Å². The van der Waals surface area contributed by atoms with Gasteiger partial charge in [0, 0.05) is 23.6 Å². The number of nitro groups is 1. The Labute approximate surface area is 124 Å². The van der Waals surface area contributed by atoms with E-state index in [4.69, 9.17) is 11.6 Å². The fourth-order valence-electron chi connectivity index (χ4n) is 1.65. The maximum Gasteiger partial charge on any atom is 0.389 e. The van der Waals surface area contributed by atoms with Crippen molar-refractivity contribution in [2.75, 3.05) is 6.54 Å². The molecule has 0 aliphatic rings. The lowest BCUT2D eigenvalue weighted by Gasteiger charge is -2.14. The number of nitrogens with two attached hydrogens (primary N) is 2. The van der Waals surface area contributed by atoms with Crippen LogP contribution in [0.1, 0.15) is 24.0 Å². The fourth-order valence-corrected chi connectivity index (χ4v) is 1.65. The maximum absolute atomic E-state index is 12.0. The number of hydrazone groups is 1. The minimum absolute atomic E-state index is 0.113. The van der Waals surface area contributed by atoms with Gasteiger partial charge in [-0.15, -0.1) is 5.10 Å². The molecule has 0 aromatic heterocycles. The fraction of sp³-hybridized carbons (Fsp3) is 0.417. The van der Waals surface area contributed by atoms with Crippen LogP contribution in [0, 0.1) is 17.0 Å². The second-order valence-corrected chi connectivity index (χ2v) is 4.63. The maximum atomic E-state index is 12.0. The summed E-state index contributed by atoms with van der Waals surface area (Å²) in [5.74, 6) is 5.32. The van der Waals surface area contributed by atoms with Crippen LogP contribution in [0.5, 0.6) is 0 Å². The van der Waals surface area contributed by atoms with Gasteiger partial charge in [-0.1, -0.05) is 12.1 Å². The van der Waals surface area contributed by atoms with Crippen molar-refractivity contribution in [3.05, 3.63) is 39.4 Å². The number of rotatable bonds is 6. The second kappa shape index (κ2) is 7.07. The molecule has 0 heterocycles. The lowest BCUT2D eigenvalue weighted by Crippen LogP contribution is -2.31. The number of halogens is 3. The van der Waals surface area contributed by atoms with E-state index in [-0.39, 0.29) is 30.1 Å². The van der Waals surface area contributed by atoms with Gasteiger partial charge < -0.3 is 5.73 Å². The Kier molecular flexibility index (Phi) is 5.69. The molecule has 10 heteroatoms. The van der Waals surface area contributed by atoms with E-state index in [1.54, 1.807) is 6.92 Å². The summed E-state index contributed by atoms with van der Waals surface area (Å²) in [5, 5.41) is 15.3. The van der Waals surface area contributed by atoms with Crippen molar-refractivity contribution < 1.29 is 18.1 Å². The van der Waals surface area contributed by atoms with Gasteiger partial charge in [0.1, 0.15) is 0 Å². The molecule has 0 aliphatic carbocycles. The Hall–Kier alpha value is -2.36. The highest BCUT2D eigenvalue weighted by Crippen LogP contribution is 2.21. The van der Waals surface area contributed by atoms with Crippen LogP contribution >= 0.6 is 0 Å². The van der Waals surface area contributed by atoms with E-state index in [1.807, 2.05) is 0 Å². The SMILES string of the molecule is Cc1ccc(/C(N)=N/N(N)CCCC(F)(F)F)cc1[N+](=O)[O-]. The van der Waals surface area contributed by atoms with Crippen LogP contribution in [0.2, 0.25) is 0 Å². The highest BCUT2D eigenvalue weighted by Gasteiger charge is 2.26. The van der Waals surface area contributed by atoms with Gasteiger partial charge in [-0.05, 0) is 13.3 Å². The van der Waals surface area contributed by atoms with Gasteiger partial charge in [-0.3, -0.25) is 10.1 Å². The minimum Gasteiger partial charge on any atom is -0.382 e. The molecule has 122 valence electrons. The van der Waals surface area contributed by atoms with Crippen molar-refractivity contribution in [2.24, 2.45) is 16.7 Å². The van der Waals surface area contributed by atoms with E-state index < -0.39 is 17.5 Å². The molecule has 0 radical (unpaired) electrons. The van der Waals surface area contributed by atoms with Crippen molar-refractivity contribution in [2.45, 2.75) is 25.9 Å². The number of nitro benzene ring substituents is 1. The first kappa shape index (κ1) is 17.7. The van der Waals surface area contributed by atoms with Crippen LogP contribution in [0.25, 0.3) is 0 Å². The third-order valence-electron chi connectivity index (χ3n) is 2.79. The van der Waals surface area contributed by atoms with Crippen LogP contribution in [-0.4, -0.2) is 28.6 Å². The van der Waals surface area contributed by atoms with Crippen molar-refractivity contribution in [1.82, 2.24) is 5.12 Å². The first-order chi connectivity index (χ1) is 10.1. The smallest absolute Gasteiger partial charge is 0.382 e. The molecule has 1 rings (SSSR count). The molecule has 0 spiro atoms. The van der Waals surface area contributed by atoms with Crippen molar-refractivity contribution in [3.63, 3.8) is 0 Å². The summed E-state index contributed by atoms with van der Waals surface area (Å²) in [6, 6.07) is 4.25. The molecular weight excluding hydrogens is 303 g/mol. The summed E-state index contributed by atoms with van der Waals surface area (Å²) in [5.41, 5.74) is 6.25. The molecule has 1 aromatic rings. The molecule has 4 N–H and O–H groups in total. The lowest BCUT2D eigenvalue weighted by atomic mass is 10.1. The zero-order chi connectivity index (χ0) is 16.9. The van der Waals surface area contributed by atoms with Crippen molar-refractivity contribution >= 4 is 11.5 Å². The molecule has 0 fully saturated rings. The summed E-state index contributed by atoms with van der Waals surface area (Å²) in [6.07, 6.45) is -5.47.